The highest BCUT2D eigenvalue weighted by atomic mass is 16.5. The van der Waals surface area contributed by atoms with E-state index in [1.165, 1.54) is 0 Å². The van der Waals surface area contributed by atoms with Gasteiger partial charge in [-0.3, -0.25) is 9.59 Å². The molecule has 0 radical (unpaired) electrons. The second-order valence-corrected chi connectivity index (χ2v) is 4.88. The molecular weight excluding hydrogens is 286 g/mol. The van der Waals surface area contributed by atoms with Gasteiger partial charge in [-0.25, -0.2) is 0 Å². The SMILES string of the molecule is COc1ccc(OC)c(CCNC(=O)CCCCC(=O)O)c1. The van der Waals surface area contributed by atoms with E-state index in [0.29, 0.717) is 32.2 Å². The molecule has 1 rings (SSSR count). The fraction of sp³-hybridized carbons (Fsp3) is 0.500. The largest absolute Gasteiger partial charge is 0.497 e. The molecule has 0 bridgehead atoms. The predicted octanol–water partition coefficient (Wildman–Crippen LogP) is 2.01. The van der Waals surface area contributed by atoms with Gasteiger partial charge < -0.3 is 19.9 Å². The molecule has 1 aromatic rings. The smallest absolute Gasteiger partial charge is 0.303 e. The van der Waals surface area contributed by atoms with Crippen LogP contribution in [0.1, 0.15) is 31.2 Å². The Labute approximate surface area is 130 Å². The number of carbonyl (C=O) groups excluding carboxylic acids is 1. The average molecular weight is 309 g/mol. The van der Waals surface area contributed by atoms with Crippen molar-refractivity contribution in [1.82, 2.24) is 5.32 Å². The highest BCUT2D eigenvalue weighted by Crippen LogP contribution is 2.24. The number of ether oxygens (including phenoxy) is 2. The highest BCUT2D eigenvalue weighted by molar-refractivity contribution is 5.75. The van der Waals surface area contributed by atoms with Gasteiger partial charge in [-0.1, -0.05) is 0 Å². The van der Waals surface area contributed by atoms with E-state index in [9.17, 15) is 9.59 Å². The van der Waals surface area contributed by atoms with Crippen LogP contribution in [0.3, 0.4) is 0 Å². The molecule has 0 aromatic heterocycles. The number of hydrogen-bond donors (Lipinski definition) is 2. The lowest BCUT2D eigenvalue weighted by atomic mass is 10.1. The van der Waals surface area contributed by atoms with Crippen molar-refractivity contribution in [2.75, 3.05) is 20.8 Å². The van der Waals surface area contributed by atoms with Crippen molar-refractivity contribution >= 4 is 11.9 Å². The summed E-state index contributed by atoms with van der Waals surface area (Å²) >= 11 is 0. The number of carbonyl (C=O) groups is 2. The quantitative estimate of drug-likeness (QED) is 0.646. The molecule has 0 aliphatic heterocycles. The Bertz CT molecular complexity index is 501. The summed E-state index contributed by atoms with van der Waals surface area (Å²) in [6.45, 7) is 0.501. The third-order valence-corrected chi connectivity index (χ3v) is 3.25. The number of benzene rings is 1. The zero-order valence-corrected chi connectivity index (χ0v) is 13.1. The molecule has 1 amide bonds. The van der Waals surface area contributed by atoms with E-state index in [-0.39, 0.29) is 12.3 Å². The van der Waals surface area contributed by atoms with Crippen molar-refractivity contribution in [3.05, 3.63) is 23.8 Å². The van der Waals surface area contributed by atoms with Crippen molar-refractivity contribution in [2.45, 2.75) is 32.1 Å². The van der Waals surface area contributed by atoms with Crippen molar-refractivity contribution in [1.29, 1.82) is 0 Å². The zero-order chi connectivity index (χ0) is 16.4. The van der Waals surface area contributed by atoms with E-state index in [4.69, 9.17) is 14.6 Å². The zero-order valence-electron chi connectivity index (χ0n) is 13.1. The molecule has 0 atom stereocenters. The molecule has 6 heteroatoms. The van der Waals surface area contributed by atoms with Crippen LogP contribution in [-0.4, -0.2) is 37.7 Å². The minimum absolute atomic E-state index is 0.0627. The Morgan fingerprint density at radius 2 is 1.86 bits per heavy atom. The monoisotopic (exact) mass is 309 g/mol. The van der Waals surface area contributed by atoms with Crippen LogP contribution in [0.4, 0.5) is 0 Å². The van der Waals surface area contributed by atoms with Crippen molar-refractivity contribution in [2.24, 2.45) is 0 Å². The molecule has 0 spiro atoms. The normalized spacial score (nSPS) is 10.1. The maximum atomic E-state index is 11.6. The molecule has 0 fully saturated rings. The average Bonchev–Trinajstić information content (AvgIpc) is 2.51. The molecule has 0 aliphatic rings. The van der Waals surface area contributed by atoms with Gasteiger partial charge in [0, 0.05) is 19.4 Å². The van der Waals surface area contributed by atoms with Gasteiger partial charge in [0.15, 0.2) is 0 Å². The van der Waals surface area contributed by atoms with Crippen LogP contribution in [0.15, 0.2) is 18.2 Å². The van der Waals surface area contributed by atoms with Crippen LogP contribution < -0.4 is 14.8 Å². The van der Waals surface area contributed by atoms with Crippen molar-refractivity contribution in [3.8, 4) is 11.5 Å². The first-order valence-electron chi connectivity index (χ1n) is 7.26. The van der Waals surface area contributed by atoms with Gasteiger partial charge >= 0.3 is 5.97 Å². The third kappa shape index (κ3) is 6.47. The summed E-state index contributed by atoms with van der Waals surface area (Å²) in [4.78, 5) is 22.0. The molecule has 0 saturated carbocycles. The van der Waals surface area contributed by atoms with Crippen LogP contribution in [0.5, 0.6) is 11.5 Å². The number of amides is 1. The number of hydrogen-bond acceptors (Lipinski definition) is 4. The molecule has 0 heterocycles. The van der Waals surface area contributed by atoms with Crippen LogP contribution in [0.25, 0.3) is 0 Å². The maximum Gasteiger partial charge on any atom is 0.303 e. The van der Waals surface area contributed by atoms with E-state index in [0.717, 1.165) is 17.1 Å². The predicted molar refractivity (Wildman–Crippen MR) is 82.4 cm³/mol. The van der Waals surface area contributed by atoms with Crippen LogP contribution in [-0.2, 0) is 16.0 Å². The lowest BCUT2D eigenvalue weighted by Gasteiger charge is -2.11. The van der Waals surface area contributed by atoms with Crippen molar-refractivity contribution < 1.29 is 24.2 Å². The molecule has 1 aromatic carbocycles. The minimum Gasteiger partial charge on any atom is -0.497 e. The number of aliphatic carboxylic acids is 1. The maximum absolute atomic E-state index is 11.6. The van der Waals surface area contributed by atoms with Crippen LogP contribution >= 0.6 is 0 Å². The molecule has 122 valence electrons. The second-order valence-electron chi connectivity index (χ2n) is 4.88. The lowest BCUT2D eigenvalue weighted by Crippen LogP contribution is -2.25. The molecule has 0 unspecified atom stereocenters. The molecule has 2 N–H and O–H groups in total. The Balaban J connectivity index is 2.34. The van der Waals surface area contributed by atoms with Crippen molar-refractivity contribution in [3.63, 3.8) is 0 Å². The molecule has 6 nitrogen and oxygen atoms in total. The van der Waals surface area contributed by atoms with Gasteiger partial charge in [0.25, 0.3) is 0 Å². The standard InChI is InChI=1S/C16H23NO5/c1-21-13-7-8-14(22-2)12(11-13)9-10-17-15(18)5-3-4-6-16(19)20/h7-8,11H,3-6,9-10H2,1-2H3,(H,17,18)(H,19,20). The molecule has 22 heavy (non-hydrogen) atoms. The van der Waals surface area contributed by atoms with Gasteiger partial charge in [-0.15, -0.1) is 0 Å². The van der Waals surface area contributed by atoms with Crippen LogP contribution in [0, 0.1) is 0 Å². The topological polar surface area (TPSA) is 84.9 Å². The van der Waals surface area contributed by atoms with Gasteiger partial charge in [0.05, 0.1) is 14.2 Å². The summed E-state index contributed by atoms with van der Waals surface area (Å²) in [5.74, 6) is 0.616. The van der Waals surface area contributed by atoms with E-state index in [2.05, 4.69) is 5.32 Å². The Kier molecular flexibility index (Phi) is 7.81. The molecular formula is C16H23NO5. The van der Waals surface area contributed by atoms with Gasteiger partial charge in [-0.2, -0.15) is 0 Å². The number of methoxy groups -OCH3 is 2. The Hall–Kier alpha value is -2.24. The summed E-state index contributed by atoms with van der Waals surface area (Å²) < 4.78 is 10.5. The number of rotatable bonds is 10. The summed E-state index contributed by atoms with van der Waals surface area (Å²) in [6.07, 6.45) is 2.20. The first-order chi connectivity index (χ1) is 10.6. The summed E-state index contributed by atoms with van der Waals surface area (Å²) in [5.41, 5.74) is 0.966. The first kappa shape index (κ1) is 17.8. The summed E-state index contributed by atoms with van der Waals surface area (Å²) in [5, 5.41) is 11.3. The highest BCUT2D eigenvalue weighted by Gasteiger charge is 2.07. The number of unbranched alkanes of at least 4 members (excludes halogenated alkanes) is 1. The van der Waals surface area contributed by atoms with Crippen LogP contribution in [0.2, 0.25) is 0 Å². The number of nitrogens with one attached hydrogen (secondary N) is 1. The summed E-state index contributed by atoms with van der Waals surface area (Å²) in [7, 11) is 3.21. The summed E-state index contributed by atoms with van der Waals surface area (Å²) in [6, 6.07) is 5.54. The Morgan fingerprint density at radius 3 is 2.50 bits per heavy atom. The number of carboxylic acids is 1. The fourth-order valence-electron chi connectivity index (χ4n) is 2.06. The van der Waals surface area contributed by atoms with Gasteiger partial charge in [-0.05, 0) is 43.0 Å². The molecule has 0 saturated heterocycles. The van der Waals surface area contributed by atoms with E-state index >= 15 is 0 Å². The minimum atomic E-state index is -0.828. The first-order valence-corrected chi connectivity index (χ1v) is 7.26. The van der Waals surface area contributed by atoms with E-state index in [1.807, 2.05) is 18.2 Å². The van der Waals surface area contributed by atoms with E-state index in [1.54, 1.807) is 14.2 Å². The Morgan fingerprint density at radius 1 is 1.14 bits per heavy atom. The van der Waals surface area contributed by atoms with Gasteiger partial charge in [0.2, 0.25) is 5.91 Å². The fourth-order valence-corrected chi connectivity index (χ4v) is 2.06. The van der Waals surface area contributed by atoms with E-state index < -0.39 is 5.97 Å². The number of carboxylic acid groups (broad SMARTS) is 1. The van der Waals surface area contributed by atoms with Gasteiger partial charge in [0.1, 0.15) is 11.5 Å². The molecule has 0 aliphatic carbocycles. The lowest BCUT2D eigenvalue weighted by molar-refractivity contribution is -0.137. The second kappa shape index (κ2) is 9.65. The third-order valence-electron chi connectivity index (χ3n) is 3.25.